The van der Waals surface area contributed by atoms with Gasteiger partial charge in [-0.3, -0.25) is 14.7 Å². The Morgan fingerprint density at radius 2 is 2.08 bits per heavy atom. The second kappa shape index (κ2) is 5.88. The maximum Gasteiger partial charge on any atom is 0.248 e. The van der Waals surface area contributed by atoms with Crippen molar-refractivity contribution in [2.45, 2.75) is 38.0 Å². The second-order valence-corrected chi connectivity index (χ2v) is 6.80. The van der Waals surface area contributed by atoms with Crippen molar-refractivity contribution in [1.29, 1.82) is 0 Å². The Morgan fingerprint density at radius 3 is 2.80 bits per heavy atom. The summed E-state index contributed by atoms with van der Waals surface area (Å²) in [4.78, 5) is 24.5. The lowest BCUT2D eigenvalue weighted by molar-refractivity contribution is -0.120. The van der Waals surface area contributed by atoms with E-state index >= 15 is 0 Å². The van der Waals surface area contributed by atoms with E-state index in [2.05, 4.69) is 20.8 Å². The highest BCUT2D eigenvalue weighted by Crippen LogP contribution is 2.49. The Labute approximate surface area is 145 Å². The number of anilines is 2. The molecule has 4 rings (SSSR count). The molecule has 1 saturated carbocycles. The van der Waals surface area contributed by atoms with E-state index in [1.54, 1.807) is 6.08 Å². The molecular weight excluding hydrogens is 316 g/mol. The van der Waals surface area contributed by atoms with Gasteiger partial charge in [0.05, 0.1) is 11.1 Å². The number of aromatic amines is 1. The monoisotopic (exact) mass is 336 g/mol. The van der Waals surface area contributed by atoms with Crippen LogP contribution < -0.4 is 10.6 Å². The molecule has 6 heteroatoms. The summed E-state index contributed by atoms with van der Waals surface area (Å²) in [7, 11) is 0. The van der Waals surface area contributed by atoms with Crippen LogP contribution in [-0.2, 0) is 15.0 Å². The summed E-state index contributed by atoms with van der Waals surface area (Å²) in [5.41, 5.74) is 3.84. The lowest BCUT2D eigenvalue weighted by Crippen LogP contribution is -2.30. The van der Waals surface area contributed by atoms with Crippen LogP contribution in [0.1, 0.15) is 42.6 Å². The molecule has 2 aromatic rings. The molecule has 2 amide bonds. The number of nitrogens with zero attached hydrogens (tertiary/aromatic N) is 1. The molecule has 6 nitrogen and oxygen atoms in total. The molecular formula is C19H20N4O2. The summed E-state index contributed by atoms with van der Waals surface area (Å²) in [5.74, 6) is -0.141. The van der Waals surface area contributed by atoms with Crippen LogP contribution in [0.4, 0.5) is 11.4 Å². The minimum atomic E-state index is -0.352. The van der Waals surface area contributed by atoms with E-state index in [1.165, 1.54) is 6.08 Å². The molecule has 1 aromatic carbocycles. The van der Waals surface area contributed by atoms with Crippen molar-refractivity contribution in [3.05, 3.63) is 47.3 Å². The summed E-state index contributed by atoms with van der Waals surface area (Å²) in [6, 6.07) is 7.53. The zero-order valence-electron chi connectivity index (χ0n) is 14.1. The van der Waals surface area contributed by atoms with Gasteiger partial charge in [0.1, 0.15) is 0 Å². The summed E-state index contributed by atoms with van der Waals surface area (Å²) >= 11 is 0. The fourth-order valence-corrected chi connectivity index (χ4v) is 3.85. The van der Waals surface area contributed by atoms with Crippen molar-refractivity contribution in [1.82, 2.24) is 10.2 Å². The topological polar surface area (TPSA) is 86.9 Å². The van der Waals surface area contributed by atoms with Crippen LogP contribution in [0.2, 0.25) is 0 Å². The molecule has 1 aliphatic heterocycles. The van der Waals surface area contributed by atoms with E-state index in [9.17, 15) is 9.59 Å². The third kappa shape index (κ3) is 2.73. The number of carbonyl (C=O) groups is 2. The van der Waals surface area contributed by atoms with E-state index in [0.717, 1.165) is 42.6 Å². The van der Waals surface area contributed by atoms with E-state index in [-0.39, 0.29) is 17.2 Å². The number of carbonyl (C=O) groups excluding carboxylic acids is 2. The molecule has 1 aromatic heterocycles. The molecule has 3 N–H and O–H groups in total. The van der Waals surface area contributed by atoms with E-state index in [1.807, 2.05) is 31.2 Å². The molecule has 2 heterocycles. The predicted octanol–water partition coefficient (Wildman–Crippen LogP) is 3.13. The van der Waals surface area contributed by atoms with E-state index < -0.39 is 0 Å². The molecule has 0 unspecified atom stereocenters. The Bertz CT molecular complexity index is 875. The zero-order valence-corrected chi connectivity index (χ0v) is 14.1. The number of hydrogen-bond donors (Lipinski definition) is 3. The summed E-state index contributed by atoms with van der Waals surface area (Å²) in [5, 5.41) is 12.7. The number of hydrogen-bond acceptors (Lipinski definition) is 3. The fraction of sp³-hybridized carbons (Fsp3) is 0.316. The van der Waals surface area contributed by atoms with Gasteiger partial charge in [-0.05, 0) is 49.6 Å². The van der Waals surface area contributed by atoms with Gasteiger partial charge in [0.15, 0.2) is 0 Å². The minimum Gasteiger partial charge on any atom is -0.325 e. The third-order valence-corrected chi connectivity index (χ3v) is 5.07. The summed E-state index contributed by atoms with van der Waals surface area (Å²) < 4.78 is 0. The van der Waals surface area contributed by atoms with Gasteiger partial charge in [0, 0.05) is 23.1 Å². The van der Waals surface area contributed by atoms with Crippen molar-refractivity contribution in [3.63, 3.8) is 0 Å². The Morgan fingerprint density at radius 1 is 1.28 bits per heavy atom. The lowest BCUT2D eigenvalue weighted by Gasteiger charge is -2.20. The number of amides is 2. The van der Waals surface area contributed by atoms with Gasteiger partial charge < -0.3 is 10.6 Å². The molecule has 128 valence electrons. The number of rotatable bonds is 3. The zero-order chi connectivity index (χ0) is 17.4. The molecule has 0 radical (unpaired) electrons. The van der Waals surface area contributed by atoms with Gasteiger partial charge >= 0.3 is 0 Å². The number of aryl methyl sites for hydroxylation is 1. The number of fused-ring (bicyclic) bond motifs is 2. The van der Waals surface area contributed by atoms with Gasteiger partial charge in [0.2, 0.25) is 11.8 Å². The van der Waals surface area contributed by atoms with Crippen molar-refractivity contribution >= 4 is 29.3 Å². The predicted molar refractivity (Wildman–Crippen MR) is 96.2 cm³/mol. The Hall–Kier alpha value is -2.89. The van der Waals surface area contributed by atoms with Gasteiger partial charge in [-0.15, -0.1) is 0 Å². The maximum atomic E-state index is 12.4. The van der Waals surface area contributed by atoms with E-state index in [4.69, 9.17) is 0 Å². The normalized spacial score (nSPS) is 17.9. The quantitative estimate of drug-likeness (QED) is 0.753. The van der Waals surface area contributed by atoms with Crippen LogP contribution in [0.15, 0.2) is 30.3 Å². The van der Waals surface area contributed by atoms with E-state index in [0.29, 0.717) is 11.4 Å². The first-order chi connectivity index (χ1) is 12.1. The standard InChI is InChI=1S/C19H20N4O2/c1-12-10-14(23-22-12)5-7-17(24)20-13-4-6-15-16(11-13)21-18(25)19(15)8-2-3-9-19/h4-7,10-11H,2-3,8-9H2,1H3,(H,20,24)(H,21,25)(H,22,23). The highest BCUT2D eigenvalue weighted by molar-refractivity contribution is 6.08. The summed E-state index contributed by atoms with van der Waals surface area (Å²) in [6.07, 6.45) is 7.08. The molecule has 1 spiro atoms. The average Bonchev–Trinajstić information content (AvgIpc) is 3.28. The van der Waals surface area contributed by atoms with Crippen molar-refractivity contribution in [2.24, 2.45) is 0 Å². The average molecular weight is 336 g/mol. The van der Waals surface area contributed by atoms with Crippen LogP contribution in [0.3, 0.4) is 0 Å². The number of benzene rings is 1. The fourth-order valence-electron chi connectivity index (χ4n) is 3.85. The van der Waals surface area contributed by atoms with Crippen molar-refractivity contribution in [3.8, 4) is 0 Å². The number of H-pyrrole nitrogens is 1. The minimum absolute atomic E-state index is 0.0947. The first-order valence-electron chi connectivity index (χ1n) is 8.54. The van der Waals surface area contributed by atoms with Crippen LogP contribution in [0.25, 0.3) is 6.08 Å². The van der Waals surface area contributed by atoms with Gasteiger partial charge in [0.25, 0.3) is 0 Å². The second-order valence-electron chi connectivity index (χ2n) is 6.80. The highest BCUT2D eigenvalue weighted by Gasteiger charge is 2.48. The summed E-state index contributed by atoms with van der Waals surface area (Å²) in [6.45, 7) is 1.90. The third-order valence-electron chi connectivity index (χ3n) is 5.07. The Balaban J connectivity index is 1.50. The van der Waals surface area contributed by atoms with Crippen LogP contribution >= 0.6 is 0 Å². The number of nitrogens with one attached hydrogen (secondary N) is 3. The van der Waals surface area contributed by atoms with Crippen LogP contribution in [-0.4, -0.2) is 22.0 Å². The molecule has 1 aliphatic carbocycles. The van der Waals surface area contributed by atoms with Gasteiger partial charge in [-0.1, -0.05) is 18.9 Å². The maximum absolute atomic E-state index is 12.4. The molecule has 2 aliphatic rings. The highest BCUT2D eigenvalue weighted by atomic mass is 16.2. The number of aromatic nitrogens is 2. The van der Waals surface area contributed by atoms with Crippen LogP contribution in [0, 0.1) is 6.92 Å². The van der Waals surface area contributed by atoms with Gasteiger partial charge in [-0.25, -0.2) is 0 Å². The molecule has 0 bridgehead atoms. The largest absolute Gasteiger partial charge is 0.325 e. The Kier molecular flexibility index (Phi) is 3.67. The van der Waals surface area contributed by atoms with Crippen molar-refractivity contribution in [2.75, 3.05) is 10.6 Å². The first-order valence-corrected chi connectivity index (χ1v) is 8.54. The smallest absolute Gasteiger partial charge is 0.248 e. The molecule has 0 atom stereocenters. The molecule has 1 fully saturated rings. The van der Waals surface area contributed by atoms with Crippen molar-refractivity contribution < 1.29 is 9.59 Å². The van der Waals surface area contributed by atoms with Gasteiger partial charge in [-0.2, -0.15) is 5.10 Å². The van der Waals surface area contributed by atoms with Crippen LogP contribution in [0.5, 0.6) is 0 Å². The lowest BCUT2D eigenvalue weighted by atomic mass is 9.80. The molecule has 0 saturated heterocycles. The molecule has 25 heavy (non-hydrogen) atoms. The SMILES string of the molecule is Cc1cc(C=CC(=O)Nc2ccc3c(c2)NC(=O)C32CCCC2)n[nH]1. The first kappa shape index (κ1) is 15.6.